The quantitative estimate of drug-likeness (QED) is 0.684. The molecule has 3 aromatic rings. The molecule has 1 amide bonds. The molecule has 146 valence electrons. The van der Waals surface area contributed by atoms with Gasteiger partial charge in [0.15, 0.2) is 11.6 Å². The van der Waals surface area contributed by atoms with Gasteiger partial charge in [-0.15, -0.1) is 11.3 Å². The number of rotatable bonds is 4. The third kappa shape index (κ3) is 3.91. The number of hydrogen-bond donors (Lipinski definition) is 1. The molecule has 1 aliphatic heterocycles. The van der Waals surface area contributed by atoms with Crippen molar-refractivity contribution >= 4 is 33.1 Å². The molecule has 1 aliphatic rings. The molecule has 28 heavy (non-hydrogen) atoms. The zero-order valence-corrected chi connectivity index (χ0v) is 16.3. The van der Waals surface area contributed by atoms with Crippen LogP contribution in [0.3, 0.4) is 0 Å². The first-order valence-electron chi connectivity index (χ1n) is 9.36. The molecule has 1 aromatic heterocycles. The maximum atomic E-state index is 13.3. The molecule has 4 rings (SSSR count). The average molecular weight is 401 g/mol. The molecular formula is C21H21F2N3OS. The van der Waals surface area contributed by atoms with Crippen LogP contribution in [0, 0.1) is 11.6 Å². The van der Waals surface area contributed by atoms with Gasteiger partial charge in [0.25, 0.3) is 0 Å². The summed E-state index contributed by atoms with van der Waals surface area (Å²) in [6, 6.07) is 11.2. The minimum absolute atomic E-state index is 0.218. The summed E-state index contributed by atoms with van der Waals surface area (Å²) in [7, 11) is 0. The van der Waals surface area contributed by atoms with Crippen molar-refractivity contribution in [3.05, 3.63) is 59.1 Å². The Balaban J connectivity index is 1.35. The highest BCUT2D eigenvalue weighted by Crippen LogP contribution is 2.34. The lowest BCUT2D eigenvalue weighted by Gasteiger charge is -2.34. The topological polar surface area (TPSA) is 45.2 Å². The number of nitrogens with zero attached hydrogens (tertiary/aromatic N) is 2. The van der Waals surface area contributed by atoms with Gasteiger partial charge in [0.2, 0.25) is 5.91 Å². The van der Waals surface area contributed by atoms with Gasteiger partial charge in [-0.2, -0.15) is 0 Å². The molecule has 1 N–H and O–H groups in total. The number of hydrogen-bond acceptors (Lipinski definition) is 4. The number of thiazole rings is 1. The number of carbonyl (C=O) groups is 1. The van der Waals surface area contributed by atoms with Crippen LogP contribution in [0.1, 0.15) is 30.7 Å². The molecule has 0 radical (unpaired) electrons. The Labute approximate surface area is 166 Å². The van der Waals surface area contributed by atoms with Gasteiger partial charge >= 0.3 is 0 Å². The third-order valence-corrected chi connectivity index (χ3v) is 6.50. The van der Waals surface area contributed by atoms with Crippen molar-refractivity contribution in [2.24, 2.45) is 0 Å². The van der Waals surface area contributed by atoms with Crippen molar-refractivity contribution in [3.63, 3.8) is 0 Å². The number of benzene rings is 2. The highest BCUT2D eigenvalue weighted by Gasteiger charge is 2.28. The fourth-order valence-corrected chi connectivity index (χ4v) is 4.72. The van der Waals surface area contributed by atoms with E-state index in [0.29, 0.717) is 5.92 Å². The molecule has 1 unspecified atom stereocenters. The van der Waals surface area contributed by atoms with E-state index < -0.39 is 11.6 Å². The molecule has 0 aliphatic carbocycles. The van der Waals surface area contributed by atoms with Crippen LogP contribution in [0.4, 0.5) is 14.5 Å². The van der Waals surface area contributed by atoms with E-state index in [1.807, 2.05) is 25.1 Å². The Morgan fingerprint density at radius 2 is 1.93 bits per heavy atom. The molecule has 4 nitrogen and oxygen atoms in total. The van der Waals surface area contributed by atoms with E-state index in [9.17, 15) is 13.6 Å². The van der Waals surface area contributed by atoms with E-state index in [1.54, 1.807) is 11.3 Å². The second-order valence-electron chi connectivity index (χ2n) is 7.12. The number of anilines is 1. The second kappa shape index (κ2) is 7.93. The van der Waals surface area contributed by atoms with Crippen molar-refractivity contribution in [2.75, 3.05) is 18.4 Å². The van der Waals surface area contributed by atoms with Crippen LogP contribution in [-0.2, 0) is 4.79 Å². The van der Waals surface area contributed by atoms with Gasteiger partial charge in [-0.05, 0) is 57.1 Å². The number of aromatic nitrogens is 1. The van der Waals surface area contributed by atoms with Gasteiger partial charge < -0.3 is 5.32 Å². The summed E-state index contributed by atoms with van der Waals surface area (Å²) < 4.78 is 27.6. The van der Waals surface area contributed by atoms with E-state index in [-0.39, 0.29) is 17.6 Å². The molecular weight excluding hydrogens is 380 g/mol. The minimum Gasteiger partial charge on any atom is -0.325 e. The summed E-state index contributed by atoms with van der Waals surface area (Å²) in [6.07, 6.45) is 1.89. The van der Waals surface area contributed by atoms with Crippen molar-refractivity contribution < 1.29 is 13.6 Å². The molecule has 2 heterocycles. The predicted molar refractivity (Wildman–Crippen MR) is 108 cm³/mol. The van der Waals surface area contributed by atoms with Crippen LogP contribution in [-0.4, -0.2) is 34.9 Å². The Morgan fingerprint density at radius 1 is 1.18 bits per heavy atom. The van der Waals surface area contributed by atoms with Crippen molar-refractivity contribution in [1.29, 1.82) is 0 Å². The SMILES string of the molecule is CC(C(=O)Nc1ccc(F)c(F)c1)N1CCC(c2nc3ccccc3s2)CC1. The van der Waals surface area contributed by atoms with Gasteiger partial charge in [-0.1, -0.05) is 12.1 Å². The van der Waals surface area contributed by atoms with Crippen LogP contribution < -0.4 is 5.32 Å². The number of likely N-dealkylation sites (tertiary alicyclic amines) is 1. The van der Waals surface area contributed by atoms with E-state index >= 15 is 0 Å². The van der Waals surface area contributed by atoms with E-state index in [4.69, 9.17) is 4.98 Å². The summed E-state index contributed by atoms with van der Waals surface area (Å²) in [5.74, 6) is -1.70. The van der Waals surface area contributed by atoms with E-state index in [2.05, 4.69) is 16.3 Å². The van der Waals surface area contributed by atoms with Crippen LogP contribution in [0.25, 0.3) is 10.2 Å². The summed E-state index contributed by atoms with van der Waals surface area (Å²) in [6.45, 7) is 3.44. The van der Waals surface area contributed by atoms with Gasteiger partial charge in [-0.3, -0.25) is 9.69 Å². The molecule has 0 bridgehead atoms. The maximum Gasteiger partial charge on any atom is 0.241 e. The lowest BCUT2D eigenvalue weighted by Crippen LogP contribution is -2.45. The fraction of sp³-hybridized carbons (Fsp3) is 0.333. The number of para-hydroxylation sites is 1. The smallest absolute Gasteiger partial charge is 0.241 e. The van der Waals surface area contributed by atoms with Crippen LogP contribution in [0.15, 0.2) is 42.5 Å². The Morgan fingerprint density at radius 3 is 2.64 bits per heavy atom. The number of halogens is 2. The molecule has 2 aromatic carbocycles. The summed E-state index contributed by atoms with van der Waals surface area (Å²) in [5.41, 5.74) is 1.31. The molecule has 0 saturated carbocycles. The minimum atomic E-state index is -0.970. The zero-order chi connectivity index (χ0) is 19.7. The van der Waals surface area contributed by atoms with Gasteiger partial charge in [0.1, 0.15) is 0 Å². The largest absolute Gasteiger partial charge is 0.325 e. The number of carbonyl (C=O) groups excluding carboxylic acids is 1. The molecule has 7 heteroatoms. The summed E-state index contributed by atoms with van der Waals surface area (Å²) in [5, 5.41) is 3.84. The lowest BCUT2D eigenvalue weighted by molar-refractivity contribution is -0.121. The first-order chi connectivity index (χ1) is 13.5. The highest BCUT2D eigenvalue weighted by atomic mass is 32.1. The van der Waals surface area contributed by atoms with Crippen molar-refractivity contribution in [3.8, 4) is 0 Å². The Hall–Kier alpha value is -2.38. The van der Waals surface area contributed by atoms with Crippen molar-refractivity contribution in [1.82, 2.24) is 9.88 Å². The van der Waals surface area contributed by atoms with Gasteiger partial charge in [0, 0.05) is 17.7 Å². The van der Waals surface area contributed by atoms with Gasteiger partial charge in [0.05, 0.1) is 21.3 Å². The average Bonchev–Trinajstić information content (AvgIpc) is 3.14. The van der Waals surface area contributed by atoms with Crippen LogP contribution in [0.2, 0.25) is 0 Å². The maximum absolute atomic E-state index is 13.3. The first kappa shape index (κ1) is 19.0. The third-order valence-electron chi connectivity index (χ3n) is 5.30. The van der Waals surface area contributed by atoms with Gasteiger partial charge in [-0.25, -0.2) is 13.8 Å². The van der Waals surface area contributed by atoms with E-state index in [1.165, 1.54) is 15.8 Å². The zero-order valence-electron chi connectivity index (χ0n) is 15.5. The standard InChI is InChI=1S/C21H21F2N3OS/c1-13(20(27)24-15-6-7-16(22)17(23)12-15)26-10-8-14(9-11-26)21-25-18-4-2-3-5-19(18)28-21/h2-7,12-14H,8-11H2,1H3,(H,24,27). The van der Waals surface area contributed by atoms with E-state index in [0.717, 1.165) is 43.6 Å². The normalized spacial score (nSPS) is 17.0. The number of fused-ring (bicyclic) bond motifs is 1. The van der Waals surface area contributed by atoms with Crippen molar-refractivity contribution in [2.45, 2.75) is 31.7 Å². The monoisotopic (exact) mass is 401 g/mol. The predicted octanol–water partition coefficient (Wildman–Crippen LogP) is 4.78. The fourth-order valence-electron chi connectivity index (χ4n) is 3.58. The molecule has 1 saturated heterocycles. The summed E-state index contributed by atoms with van der Waals surface area (Å²) >= 11 is 1.75. The number of nitrogens with one attached hydrogen (secondary N) is 1. The Bertz CT molecular complexity index is 965. The highest BCUT2D eigenvalue weighted by molar-refractivity contribution is 7.18. The van der Waals surface area contributed by atoms with Crippen LogP contribution in [0.5, 0.6) is 0 Å². The molecule has 1 atom stereocenters. The number of amides is 1. The first-order valence-corrected chi connectivity index (χ1v) is 10.2. The van der Waals surface area contributed by atoms with Crippen LogP contribution >= 0.6 is 11.3 Å². The molecule has 0 spiro atoms. The lowest BCUT2D eigenvalue weighted by atomic mass is 9.96. The molecule has 1 fully saturated rings. The second-order valence-corrected chi connectivity index (χ2v) is 8.19. The number of piperidine rings is 1. The summed E-state index contributed by atoms with van der Waals surface area (Å²) in [4.78, 5) is 19.4. The Kier molecular flexibility index (Phi) is 5.37.